The molecule has 0 heterocycles. The van der Waals surface area contributed by atoms with Gasteiger partial charge in [-0.2, -0.15) is 0 Å². The van der Waals surface area contributed by atoms with Crippen LogP contribution in [0.1, 0.15) is 41.5 Å². The Hall–Kier alpha value is -0.440. The van der Waals surface area contributed by atoms with Crippen molar-refractivity contribution in [1.82, 2.24) is 10.2 Å². The second-order valence-electron chi connectivity index (χ2n) is 5.10. The zero-order chi connectivity index (χ0) is 10.7. The molecule has 0 aromatic rings. The van der Waals surface area contributed by atoms with Crippen LogP contribution in [0.15, 0.2) is 4.99 Å². The average molecular weight is 206 g/mol. The number of hydrogen-bond donors (Lipinski definition) is 2. The van der Waals surface area contributed by atoms with Gasteiger partial charge in [0, 0.05) is 17.3 Å². The van der Waals surface area contributed by atoms with Crippen LogP contribution in [0.3, 0.4) is 0 Å². The number of aliphatic imine (C=N–C) groups is 1. The molecule has 0 fully saturated rings. The molecule has 0 aliphatic heterocycles. The van der Waals surface area contributed by atoms with Crippen molar-refractivity contribution in [3.63, 3.8) is 0 Å². The van der Waals surface area contributed by atoms with Crippen molar-refractivity contribution < 1.29 is 0 Å². The third-order valence-corrected chi connectivity index (χ3v) is 1.21. The van der Waals surface area contributed by atoms with E-state index in [4.69, 9.17) is 11.8 Å². The van der Waals surface area contributed by atoms with Crippen LogP contribution >= 0.6 is 11.8 Å². The van der Waals surface area contributed by atoms with Gasteiger partial charge in [0.05, 0.1) is 5.54 Å². The van der Waals surface area contributed by atoms with Gasteiger partial charge in [0.1, 0.15) is 0 Å². The topological polar surface area (TPSA) is 36.4 Å². The summed E-state index contributed by atoms with van der Waals surface area (Å²) >= 11 is 5.54. The van der Waals surface area contributed by atoms with Crippen molar-refractivity contribution in [3.05, 3.63) is 0 Å². The lowest BCUT2D eigenvalue weighted by atomic mass is 10.1. The lowest BCUT2D eigenvalue weighted by Gasteiger charge is -2.24. The Bertz CT molecular complexity index is 186. The first-order chi connectivity index (χ1) is 5.64. The number of rotatable bonds is 0. The van der Waals surface area contributed by atoms with Crippen LogP contribution in [0.25, 0.3) is 0 Å². The van der Waals surface area contributed by atoms with E-state index in [-0.39, 0.29) is 11.1 Å². The van der Waals surface area contributed by atoms with Crippen molar-refractivity contribution in [1.29, 1.82) is 0 Å². The molecule has 0 spiro atoms. The van der Waals surface area contributed by atoms with Crippen molar-refractivity contribution in [2.24, 2.45) is 4.99 Å². The van der Waals surface area contributed by atoms with Crippen LogP contribution in [0.5, 0.6) is 0 Å². The van der Waals surface area contributed by atoms with Crippen molar-refractivity contribution in [3.8, 4) is 0 Å². The second kappa shape index (κ2) is 4.18. The smallest absolute Gasteiger partial charge is 0.207 e. The highest BCUT2D eigenvalue weighted by Crippen LogP contribution is 2.07. The summed E-state index contributed by atoms with van der Waals surface area (Å²) in [4.78, 5) is 6.90. The molecule has 0 bridgehead atoms. The minimum Gasteiger partial charge on any atom is -0.351 e. The maximum Gasteiger partial charge on any atom is 0.207 e. The molecule has 2 N–H and O–H groups in total. The molecule has 0 saturated carbocycles. The monoisotopic (exact) mass is 205 g/mol. The second-order valence-corrected chi connectivity index (χ2v) is 5.29. The van der Waals surface area contributed by atoms with Gasteiger partial charge in [-0.25, -0.2) is 4.99 Å². The Labute approximate surface area is 86.1 Å². The van der Waals surface area contributed by atoms with Crippen LogP contribution in [-0.4, -0.2) is 17.0 Å². The molecule has 0 aliphatic rings. The molecule has 4 heteroatoms. The van der Waals surface area contributed by atoms with E-state index in [0.717, 1.165) is 0 Å². The van der Waals surface area contributed by atoms with Crippen LogP contribution in [0, 0.1) is 0 Å². The third-order valence-electron chi connectivity index (χ3n) is 1.03. The average Bonchev–Trinajstić information content (AvgIpc) is 1.79. The summed E-state index contributed by atoms with van der Waals surface area (Å²) in [6.07, 6.45) is 0. The Morgan fingerprint density at radius 1 is 1.08 bits per heavy atom. The first-order valence-corrected chi connectivity index (χ1v) is 4.76. The highest BCUT2D eigenvalue weighted by atomic mass is 35.5. The van der Waals surface area contributed by atoms with Gasteiger partial charge in [-0.15, -0.1) is 0 Å². The van der Waals surface area contributed by atoms with Crippen molar-refractivity contribution in [2.45, 2.75) is 52.6 Å². The van der Waals surface area contributed by atoms with Gasteiger partial charge in [-0.05, 0) is 41.5 Å². The van der Waals surface area contributed by atoms with E-state index >= 15 is 0 Å². The molecule has 0 aromatic carbocycles. The van der Waals surface area contributed by atoms with Gasteiger partial charge < -0.3 is 5.32 Å². The van der Waals surface area contributed by atoms with E-state index in [1.807, 2.05) is 20.8 Å². The minimum atomic E-state index is -0.129. The molecule has 0 atom stereocenters. The highest BCUT2D eigenvalue weighted by molar-refractivity contribution is 6.22. The summed E-state index contributed by atoms with van der Waals surface area (Å²) in [6, 6.07) is 0. The lowest BCUT2D eigenvalue weighted by molar-refractivity contribution is 0.496. The number of nitrogens with one attached hydrogen (secondary N) is 2. The summed E-state index contributed by atoms with van der Waals surface area (Å²) in [5.41, 5.74) is -0.165. The molecule has 0 aliphatic carbocycles. The fourth-order valence-electron chi connectivity index (χ4n) is 0.763. The van der Waals surface area contributed by atoms with Gasteiger partial charge >= 0.3 is 0 Å². The predicted molar refractivity (Wildman–Crippen MR) is 59.1 cm³/mol. The van der Waals surface area contributed by atoms with Crippen LogP contribution in [0.4, 0.5) is 0 Å². The normalized spacial score (nSPS) is 14.2. The number of hydrogen-bond acceptors (Lipinski definition) is 1. The summed E-state index contributed by atoms with van der Waals surface area (Å²) in [5, 5.41) is 3.17. The minimum absolute atomic E-state index is 0.0357. The van der Waals surface area contributed by atoms with Gasteiger partial charge in [-0.1, -0.05) is 0 Å². The molecule has 0 saturated heterocycles. The molecule has 0 unspecified atom stereocenters. The molecule has 13 heavy (non-hydrogen) atoms. The van der Waals surface area contributed by atoms with E-state index in [2.05, 4.69) is 35.9 Å². The largest absolute Gasteiger partial charge is 0.351 e. The van der Waals surface area contributed by atoms with E-state index < -0.39 is 0 Å². The number of halogens is 1. The highest BCUT2D eigenvalue weighted by Gasteiger charge is 2.15. The Morgan fingerprint density at radius 2 is 1.54 bits per heavy atom. The Kier molecular flexibility index (Phi) is 4.04. The Morgan fingerprint density at radius 3 is 1.77 bits per heavy atom. The molecule has 0 amide bonds. The molecular formula is C9H20ClN3. The SMILES string of the molecule is CC(C)(C)N=C(NCl)NC(C)(C)C. The zero-order valence-corrected chi connectivity index (χ0v) is 10.1. The van der Waals surface area contributed by atoms with Gasteiger partial charge in [0.15, 0.2) is 0 Å². The standard InChI is InChI=1S/C9H20ClN3/c1-8(2,3)11-7(13-10)12-9(4,5)6/h1-6H3,(H2,11,12,13). The first kappa shape index (κ1) is 12.6. The summed E-state index contributed by atoms with van der Waals surface area (Å²) in [6.45, 7) is 12.2. The van der Waals surface area contributed by atoms with E-state index in [9.17, 15) is 0 Å². The summed E-state index contributed by atoms with van der Waals surface area (Å²) < 4.78 is 0. The molecule has 0 aromatic heterocycles. The predicted octanol–water partition coefficient (Wildman–Crippen LogP) is 2.27. The number of nitrogens with zero attached hydrogens (tertiary/aromatic N) is 1. The fourth-order valence-corrected chi connectivity index (χ4v) is 0.853. The van der Waals surface area contributed by atoms with Crippen molar-refractivity contribution in [2.75, 3.05) is 0 Å². The lowest BCUT2D eigenvalue weighted by Crippen LogP contribution is -2.46. The Balaban J connectivity index is 4.45. The van der Waals surface area contributed by atoms with Gasteiger partial charge in [0.25, 0.3) is 0 Å². The molecule has 78 valence electrons. The van der Waals surface area contributed by atoms with E-state index in [1.165, 1.54) is 0 Å². The third kappa shape index (κ3) is 7.91. The summed E-state index contributed by atoms with van der Waals surface area (Å²) in [7, 11) is 0. The van der Waals surface area contributed by atoms with Gasteiger partial charge in [0.2, 0.25) is 5.96 Å². The van der Waals surface area contributed by atoms with Crippen LogP contribution in [-0.2, 0) is 0 Å². The quantitative estimate of drug-likeness (QED) is 0.362. The van der Waals surface area contributed by atoms with Crippen LogP contribution < -0.4 is 10.2 Å². The van der Waals surface area contributed by atoms with Crippen LogP contribution in [0.2, 0.25) is 0 Å². The fraction of sp³-hybridized carbons (Fsp3) is 0.889. The zero-order valence-electron chi connectivity index (χ0n) is 9.33. The molecule has 0 radical (unpaired) electrons. The van der Waals surface area contributed by atoms with E-state index in [1.54, 1.807) is 0 Å². The molecule has 3 nitrogen and oxygen atoms in total. The molecule has 0 rings (SSSR count). The first-order valence-electron chi connectivity index (χ1n) is 4.39. The van der Waals surface area contributed by atoms with Gasteiger partial charge in [-0.3, -0.25) is 4.84 Å². The summed E-state index contributed by atoms with van der Waals surface area (Å²) in [5.74, 6) is 0.613. The maximum absolute atomic E-state index is 5.54. The number of guanidine groups is 1. The van der Waals surface area contributed by atoms with Crippen molar-refractivity contribution >= 4 is 17.7 Å². The molecular weight excluding hydrogens is 186 g/mol. The van der Waals surface area contributed by atoms with E-state index in [0.29, 0.717) is 5.96 Å². The maximum atomic E-state index is 5.54.